The Morgan fingerprint density at radius 1 is 1.02 bits per heavy atom. The van der Waals surface area contributed by atoms with Crippen molar-refractivity contribution >= 4 is 51.9 Å². The quantitative estimate of drug-likeness (QED) is 0.164. The van der Waals surface area contributed by atoms with Crippen molar-refractivity contribution < 1.29 is 28.5 Å². The normalized spacial score (nSPS) is 14.4. The molecule has 45 heavy (non-hydrogen) atoms. The van der Waals surface area contributed by atoms with Crippen LogP contribution in [0.5, 0.6) is 11.5 Å². The van der Waals surface area contributed by atoms with E-state index < -0.39 is 12.0 Å². The van der Waals surface area contributed by atoms with Gasteiger partial charge in [0, 0.05) is 9.13 Å². The highest BCUT2D eigenvalue weighted by Crippen LogP contribution is 2.35. The Morgan fingerprint density at radius 2 is 1.76 bits per heavy atom. The molecule has 0 saturated carbocycles. The summed E-state index contributed by atoms with van der Waals surface area (Å²) in [6.07, 6.45) is 2.26. The van der Waals surface area contributed by atoms with Crippen molar-refractivity contribution in [1.29, 1.82) is 0 Å². The Kier molecular flexibility index (Phi) is 10.2. The summed E-state index contributed by atoms with van der Waals surface area (Å²) in [5, 5.41) is 0. The number of hydrogen-bond acceptors (Lipinski definition) is 9. The molecule has 9 nitrogen and oxygen atoms in total. The van der Waals surface area contributed by atoms with Crippen LogP contribution in [0.4, 0.5) is 0 Å². The first kappa shape index (κ1) is 32.2. The molecule has 0 N–H and O–H groups in total. The third kappa shape index (κ3) is 6.74. The van der Waals surface area contributed by atoms with E-state index in [4.69, 9.17) is 23.9 Å². The molecular formula is C34H31IN2O7S. The number of rotatable bonds is 10. The highest BCUT2D eigenvalue weighted by atomic mass is 127. The van der Waals surface area contributed by atoms with Crippen molar-refractivity contribution in [3.63, 3.8) is 0 Å². The van der Waals surface area contributed by atoms with Gasteiger partial charge in [-0.15, -0.1) is 0 Å². The molecule has 0 bridgehead atoms. The second kappa shape index (κ2) is 14.2. The van der Waals surface area contributed by atoms with E-state index in [-0.39, 0.29) is 18.1 Å². The molecule has 0 unspecified atom stereocenters. The molecule has 0 spiro atoms. The minimum absolute atomic E-state index is 0.193. The number of carbonyl (C=O) groups excluding carboxylic acids is 2. The first-order valence-corrected chi connectivity index (χ1v) is 16.1. The number of aromatic nitrogens is 1. The van der Waals surface area contributed by atoms with E-state index in [2.05, 4.69) is 22.6 Å². The lowest BCUT2D eigenvalue weighted by atomic mass is 9.95. The van der Waals surface area contributed by atoms with E-state index in [9.17, 15) is 14.4 Å². The van der Waals surface area contributed by atoms with Gasteiger partial charge in [0.25, 0.3) is 5.56 Å². The van der Waals surface area contributed by atoms with Gasteiger partial charge >= 0.3 is 11.9 Å². The van der Waals surface area contributed by atoms with Crippen molar-refractivity contribution in [1.82, 2.24) is 4.57 Å². The number of esters is 2. The Labute approximate surface area is 277 Å². The van der Waals surface area contributed by atoms with E-state index in [1.807, 2.05) is 49.4 Å². The zero-order chi connectivity index (χ0) is 32.1. The van der Waals surface area contributed by atoms with Crippen LogP contribution in [-0.2, 0) is 20.9 Å². The van der Waals surface area contributed by atoms with Crippen LogP contribution in [0.1, 0.15) is 53.4 Å². The molecule has 2 heterocycles. The van der Waals surface area contributed by atoms with E-state index >= 15 is 0 Å². The van der Waals surface area contributed by atoms with Gasteiger partial charge in [0.05, 0.1) is 48.2 Å². The standard InChI is InChI=1S/C34H31IN2O7S/c1-5-25-28(33(40)42-4)29(21-10-8-7-9-11-21)37-31(38)27(45-34(37)36-25)17-23-16-24(35)18-26(41-3)30(23)44-19-20-12-14-22(15-13-20)32(39)43-6-2/h7-18,29H,5-6,19H2,1-4H3/b27-17+/t29-/m1/s1. The van der Waals surface area contributed by atoms with Crippen molar-refractivity contribution in [3.05, 3.63) is 124 Å². The average molecular weight is 739 g/mol. The summed E-state index contributed by atoms with van der Waals surface area (Å²) in [6, 6.07) is 19.5. The third-order valence-electron chi connectivity index (χ3n) is 7.17. The van der Waals surface area contributed by atoms with Crippen LogP contribution >= 0.6 is 33.9 Å². The summed E-state index contributed by atoms with van der Waals surface area (Å²) >= 11 is 3.44. The molecule has 0 amide bonds. The lowest BCUT2D eigenvalue weighted by molar-refractivity contribution is -0.136. The maximum absolute atomic E-state index is 14.1. The molecule has 1 atom stereocenters. The zero-order valence-corrected chi connectivity index (χ0v) is 28.1. The van der Waals surface area contributed by atoms with E-state index in [0.29, 0.717) is 56.3 Å². The largest absolute Gasteiger partial charge is 0.493 e. The summed E-state index contributed by atoms with van der Waals surface area (Å²) in [5.74, 6) is 0.0640. The number of hydrogen-bond donors (Lipinski definition) is 0. The molecule has 3 aromatic carbocycles. The Hall–Kier alpha value is -4.23. The molecule has 0 aliphatic carbocycles. The Bertz CT molecular complexity index is 1950. The van der Waals surface area contributed by atoms with E-state index in [1.54, 1.807) is 48.9 Å². The third-order valence-corrected chi connectivity index (χ3v) is 8.77. The second-order valence-electron chi connectivity index (χ2n) is 9.93. The van der Waals surface area contributed by atoms with Gasteiger partial charge in [-0.2, -0.15) is 0 Å². The van der Waals surface area contributed by atoms with Gasteiger partial charge < -0.3 is 18.9 Å². The zero-order valence-electron chi connectivity index (χ0n) is 25.2. The molecule has 1 aromatic heterocycles. The van der Waals surface area contributed by atoms with Gasteiger partial charge in [-0.25, -0.2) is 14.6 Å². The van der Waals surface area contributed by atoms with E-state index in [1.165, 1.54) is 18.4 Å². The molecule has 232 valence electrons. The topological polar surface area (TPSA) is 105 Å². The predicted octanol–water partition coefficient (Wildman–Crippen LogP) is 5.17. The van der Waals surface area contributed by atoms with Gasteiger partial charge in [0.15, 0.2) is 16.3 Å². The van der Waals surface area contributed by atoms with Crippen LogP contribution < -0.4 is 24.4 Å². The van der Waals surface area contributed by atoms with Crippen LogP contribution in [-0.4, -0.2) is 37.3 Å². The molecule has 1 aliphatic heterocycles. The van der Waals surface area contributed by atoms with E-state index in [0.717, 1.165) is 14.7 Å². The number of methoxy groups -OCH3 is 2. The Morgan fingerprint density at radius 3 is 2.40 bits per heavy atom. The molecule has 1 aliphatic rings. The number of ether oxygens (including phenoxy) is 4. The highest BCUT2D eigenvalue weighted by molar-refractivity contribution is 14.1. The van der Waals surface area contributed by atoms with Gasteiger partial charge in [-0.3, -0.25) is 9.36 Å². The minimum atomic E-state index is -0.689. The molecule has 4 aromatic rings. The first-order valence-electron chi connectivity index (χ1n) is 14.2. The fraction of sp³-hybridized carbons (Fsp3) is 0.235. The van der Waals surface area contributed by atoms with Gasteiger partial charge in [0.1, 0.15) is 6.61 Å². The van der Waals surface area contributed by atoms with Gasteiger partial charge in [-0.1, -0.05) is 60.7 Å². The average Bonchev–Trinajstić information content (AvgIpc) is 3.37. The summed E-state index contributed by atoms with van der Waals surface area (Å²) < 4.78 is 25.0. The number of carbonyl (C=O) groups is 2. The van der Waals surface area contributed by atoms with Crippen molar-refractivity contribution in [2.24, 2.45) is 4.99 Å². The Balaban J connectivity index is 1.59. The van der Waals surface area contributed by atoms with Crippen molar-refractivity contribution in [2.45, 2.75) is 32.9 Å². The second-order valence-corrected chi connectivity index (χ2v) is 12.2. The maximum Gasteiger partial charge on any atom is 0.338 e. The van der Waals surface area contributed by atoms with Crippen molar-refractivity contribution in [2.75, 3.05) is 20.8 Å². The number of allylic oxidation sites excluding steroid dienone is 1. The summed E-state index contributed by atoms with van der Waals surface area (Å²) in [6.45, 7) is 4.18. The number of thiazole rings is 1. The molecule has 5 rings (SSSR count). The van der Waals surface area contributed by atoms with Crippen LogP contribution in [0.25, 0.3) is 6.08 Å². The molecule has 0 radical (unpaired) electrons. The number of fused-ring (bicyclic) bond motifs is 1. The minimum Gasteiger partial charge on any atom is -0.493 e. The fourth-order valence-electron chi connectivity index (χ4n) is 5.07. The molecular weight excluding hydrogens is 707 g/mol. The molecule has 0 saturated heterocycles. The van der Waals surface area contributed by atoms with Gasteiger partial charge in [-0.05, 0) is 77.4 Å². The van der Waals surface area contributed by atoms with Crippen LogP contribution in [0.3, 0.4) is 0 Å². The predicted molar refractivity (Wildman–Crippen MR) is 179 cm³/mol. The fourth-order valence-corrected chi connectivity index (χ4v) is 6.69. The monoisotopic (exact) mass is 738 g/mol. The summed E-state index contributed by atoms with van der Waals surface area (Å²) in [4.78, 5) is 44.4. The lowest BCUT2D eigenvalue weighted by Gasteiger charge is -2.25. The summed E-state index contributed by atoms with van der Waals surface area (Å²) in [5.41, 5.74) is 3.35. The maximum atomic E-state index is 14.1. The SMILES string of the molecule is CCOC(=O)c1ccc(COc2c(/C=c3/sc4n(c3=O)[C@H](c3ccccc3)C(C(=O)OC)=C(CC)N=4)cc(I)cc2OC)cc1. The lowest BCUT2D eigenvalue weighted by Crippen LogP contribution is -2.40. The van der Waals surface area contributed by atoms with Crippen molar-refractivity contribution in [3.8, 4) is 11.5 Å². The van der Waals surface area contributed by atoms with Crippen LogP contribution in [0, 0.1) is 3.57 Å². The van der Waals surface area contributed by atoms with Crippen LogP contribution in [0.15, 0.2) is 87.8 Å². The number of nitrogens with zero attached hydrogens (tertiary/aromatic N) is 2. The first-order chi connectivity index (χ1) is 21.8. The smallest absolute Gasteiger partial charge is 0.338 e. The molecule has 0 fully saturated rings. The molecule has 11 heteroatoms. The number of halogens is 1. The van der Waals surface area contributed by atoms with Crippen LogP contribution in [0.2, 0.25) is 0 Å². The number of benzene rings is 3. The summed E-state index contributed by atoms with van der Waals surface area (Å²) in [7, 11) is 2.89. The highest BCUT2D eigenvalue weighted by Gasteiger charge is 2.33. The van der Waals surface area contributed by atoms with Gasteiger partial charge in [0.2, 0.25) is 0 Å².